The second-order valence-corrected chi connectivity index (χ2v) is 6.52. The zero-order chi connectivity index (χ0) is 17.9. The van der Waals surface area contributed by atoms with E-state index in [2.05, 4.69) is 19.5 Å². The highest BCUT2D eigenvalue weighted by molar-refractivity contribution is 6.30. The van der Waals surface area contributed by atoms with Crippen molar-refractivity contribution in [2.45, 2.75) is 26.3 Å². The van der Waals surface area contributed by atoms with Crippen molar-refractivity contribution >= 4 is 11.6 Å². The summed E-state index contributed by atoms with van der Waals surface area (Å²) in [6.45, 7) is 2.78. The normalized spacial score (nSPS) is 11.2. The smallest absolute Gasteiger partial charge is 0.245 e. The lowest BCUT2D eigenvalue weighted by Crippen LogP contribution is -1.97. The van der Waals surface area contributed by atoms with E-state index in [4.69, 9.17) is 21.0 Å². The van der Waals surface area contributed by atoms with Gasteiger partial charge in [0.05, 0.1) is 12.5 Å². The predicted octanol–water partition coefficient (Wildman–Crippen LogP) is 4.52. The van der Waals surface area contributed by atoms with Crippen LogP contribution in [0.2, 0.25) is 5.02 Å². The number of rotatable bonds is 6. The van der Waals surface area contributed by atoms with E-state index in [1.807, 2.05) is 43.7 Å². The molecule has 0 saturated heterocycles. The molecule has 0 amide bonds. The minimum absolute atomic E-state index is 0.549. The minimum atomic E-state index is 0.549. The molecular weight excluding hydrogens is 350 g/mol. The molecule has 0 bridgehead atoms. The monoisotopic (exact) mass is 367 g/mol. The minimum Gasteiger partial charge on any atom is -0.439 e. The fourth-order valence-corrected chi connectivity index (χ4v) is 2.97. The number of nitrogens with zero attached hydrogens (tertiary/aromatic N) is 4. The van der Waals surface area contributed by atoms with E-state index in [0.29, 0.717) is 10.9 Å². The maximum Gasteiger partial charge on any atom is 0.245 e. The standard InChI is InChI=1S/C19H18ClN5O/c1-13-22-11-16(23-13)19-24-18(14-4-6-15(20)7-5-14)17(26-19)3-2-9-25-10-8-21-12-25/h4-8,10-12H,2-3,9H2,1H3,(H,22,23). The molecule has 0 atom stereocenters. The van der Waals surface area contributed by atoms with E-state index in [-0.39, 0.29) is 0 Å². The van der Waals surface area contributed by atoms with Gasteiger partial charge in [0, 0.05) is 35.9 Å². The van der Waals surface area contributed by atoms with Crippen LogP contribution in [0.3, 0.4) is 0 Å². The van der Waals surface area contributed by atoms with Crippen molar-refractivity contribution in [3.05, 3.63) is 65.8 Å². The summed E-state index contributed by atoms with van der Waals surface area (Å²) in [7, 11) is 0. The number of aromatic amines is 1. The summed E-state index contributed by atoms with van der Waals surface area (Å²) in [6, 6.07) is 7.64. The molecule has 0 aliphatic carbocycles. The fraction of sp³-hybridized carbons (Fsp3) is 0.211. The Morgan fingerprint density at radius 2 is 2.08 bits per heavy atom. The largest absolute Gasteiger partial charge is 0.439 e. The van der Waals surface area contributed by atoms with Crippen LogP contribution in [0, 0.1) is 6.92 Å². The molecule has 4 rings (SSSR count). The van der Waals surface area contributed by atoms with Gasteiger partial charge >= 0.3 is 0 Å². The molecule has 0 aliphatic rings. The molecule has 132 valence electrons. The topological polar surface area (TPSA) is 72.5 Å². The first-order valence-electron chi connectivity index (χ1n) is 8.42. The molecule has 0 spiro atoms. The summed E-state index contributed by atoms with van der Waals surface area (Å²) in [4.78, 5) is 16.2. The summed E-state index contributed by atoms with van der Waals surface area (Å²) in [6.07, 6.45) is 9.00. The van der Waals surface area contributed by atoms with Gasteiger partial charge in [-0.25, -0.2) is 15.0 Å². The van der Waals surface area contributed by atoms with Crippen LogP contribution in [0.15, 0.2) is 53.6 Å². The maximum absolute atomic E-state index is 6.08. The van der Waals surface area contributed by atoms with Crippen molar-refractivity contribution in [1.82, 2.24) is 24.5 Å². The predicted molar refractivity (Wildman–Crippen MR) is 99.8 cm³/mol. The third-order valence-corrected chi connectivity index (χ3v) is 4.38. The van der Waals surface area contributed by atoms with Crippen molar-refractivity contribution in [1.29, 1.82) is 0 Å². The van der Waals surface area contributed by atoms with Gasteiger partial charge < -0.3 is 14.0 Å². The van der Waals surface area contributed by atoms with Crippen molar-refractivity contribution in [3.63, 3.8) is 0 Å². The molecule has 0 aliphatic heterocycles. The molecule has 0 saturated carbocycles. The molecule has 4 aromatic rings. The van der Waals surface area contributed by atoms with Crippen molar-refractivity contribution in [2.24, 2.45) is 0 Å². The summed E-state index contributed by atoms with van der Waals surface area (Å²) in [5, 5.41) is 0.698. The molecule has 1 aromatic carbocycles. The molecule has 0 unspecified atom stereocenters. The van der Waals surface area contributed by atoms with Gasteiger partial charge in [-0.3, -0.25) is 0 Å². The average molecular weight is 368 g/mol. The maximum atomic E-state index is 6.08. The van der Waals surface area contributed by atoms with Gasteiger partial charge in [0.15, 0.2) is 0 Å². The first-order valence-corrected chi connectivity index (χ1v) is 8.80. The summed E-state index contributed by atoms with van der Waals surface area (Å²) in [5.41, 5.74) is 2.60. The molecule has 0 radical (unpaired) electrons. The zero-order valence-electron chi connectivity index (χ0n) is 14.3. The second-order valence-electron chi connectivity index (χ2n) is 6.08. The highest BCUT2D eigenvalue weighted by atomic mass is 35.5. The summed E-state index contributed by atoms with van der Waals surface area (Å²) in [5.74, 6) is 2.23. The Bertz CT molecular complexity index is 986. The Morgan fingerprint density at radius 1 is 1.23 bits per heavy atom. The van der Waals surface area contributed by atoms with Crippen LogP contribution in [-0.4, -0.2) is 24.5 Å². The Hall–Kier alpha value is -2.86. The number of imidazole rings is 2. The summed E-state index contributed by atoms with van der Waals surface area (Å²) < 4.78 is 8.13. The molecule has 3 aromatic heterocycles. The van der Waals surface area contributed by atoms with Gasteiger partial charge in [-0.05, 0) is 25.5 Å². The molecule has 6 nitrogen and oxygen atoms in total. The third-order valence-electron chi connectivity index (χ3n) is 4.13. The highest BCUT2D eigenvalue weighted by Crippen LogP contribution is 2.30. The summed E-state index contributed by atoms with van der Waals surface area (Å²) >= 11 is 6.02. The number of nitrogens with one attached hydrogen (secondary N) is 1. The number of hydrogen-bond acceptors (Lipinski definition) is 4. The third kappa shape index (κ3) is 3.55. The van der Waals surface area contributed by atoms with E-state index < -0.39 is 0 Å². The van der Waals surface area contributed by atoms with Gasteiger partial charge in [-0.2, -0.15) is 0 Å². The molecule has 7 heteroatoms. The fourth-order valence-electron chi connectivity index (χ4n) is 2.84. The molecule has 0 fully saturated rings. The first-order chi connectivity index (χ1) is 12.7. The van der Waals surface area contributed by atoms with Crippen LogP contribution in [0.25, 0.3) is 22.8 Å². The van der Waals surface area contributed by atoms with Gasteiger partial charge in [-0.15, -0.1) is 0 Å². The van der Waals surface area contributed by atoms with Crippen LogP contribution in [0.1, 0.15) is 18.0 Å². The zero-order valence-corrected chi connectivity index (χ0v) is 15.1. The van der Waals surface area contributed by atoms with Crippen LogP contribution in [0.4, 0.5) is 0 Å². The van der Waals surface area contributed by atoms with Gasteiger partial charge in [0.1, 0.15) is 23.0 Å². The Kier molecular flexibility index (Phi) is 4.58. The van der Waals surface area contributed by atoms with Crippen LogP contribution in [-0.2, 0) is 13.0 Å². The SMILES string of the molecule is Cc1ncc(-c2nc(-c3ccc(Cl)cc3)c(CCCn3ccnc3)o2)[nH]1. The number of hydrogen-bond donors (Lipinski definition) is 1. The number of benzene rings is 1. The molecular formula is C19H18ClN5O. The lowest BCUT2D eigenvalue weighted by atomic mass is 10.1. The molecule has 26 heavy (non-hydrogen) atoms. The lowest BCUT2D eigenvalue weighted by molar-refractivity contribution is 0.497. The van der Waals surface area contributed by atoms with Crippen molar-refractivity contribution < 1.29 is 4.42 Å². The van der Waals surface area contributed by atoms with Gasteiger partial charge in [0.25, 0.3) is 0 Å². The van der Waals surface area contributed by atoms with Crippen LogP contribution >= 0.6 is 11.6 Å². The number of aromatic nitrogens is 5. The van der Waals surface area contributed by atoms with Crippen molar-refractivity contribution in [3.8, 4) is 22.8 Å². The van der Waals surface area contributed by atoms with Gasteiger partial charge in [0.2, 0.25) is 5.89 Å². The molecule has 1 N–H and O–H groups in total. The van der Waals surface area contributed by atoms with E-state index in [0.717, 1.165) is 47.9 Å². The average Bonchev–Trinajstić information content (AvgIpc) is 3.37. The number of aryl methyl sites for hydroxylation is 3. The van der Waals surface area contributed by atoms with Gasteiger partial charge in [-0.1, -0.05) is 23.7 Å². The van der Waals surface area contributed by atoms with E-state index in [1.54, 1.807) is 12.4 Å². The lowest BCUT2D eigenvalue weighted by Gasteiger charge is -2.03. The van der Waals surface area contributed by atoms with E-state index >= 15 is 0 Å². The Balaban J connectivity index is 1.63. The number of H-pyrrole nitrogens is 1. The second kappa shape index (κ2) is 7.17. The van der Waals surface area contributed by atoms with E-state index in [1.165, 1.54) is 0 Å². The van der Waals surface area contributed by atoms with Crippen molar-refractivity contribution in [2.75, 3.05) is 0 Å². The first kappa shape index (κ1) is 16.6. The Morgan fingerprint density at radius 3 is 2.77 bits per heavy atom. The number of oxazole rings is 1. The highest BCUT2D eigenvalue weighted by Gasteiger charge is 2.17. The van der Waals surface area contributed by atoms with Crippen LogP contribution in [0.5, 0.6) is 0 Å². The number of halogens is 1. The molecule has 3 heterocycles. The quantitative estimate of drug-likeness (QED) is 0.543. The Labute approximate surface area is 155 Å². The van der Waals surface area contributed by atoms with Crippen LogP contribution < -0.4 is 0 Å². The van der Waals surface area contributed by atoms with E-state index in [9.17, 15) is 0 Å².